The van der Waals surface area contributed by atoms with Gasteiger partial charge in [0.05, 0.1) is 11.9 Å². The number of aryl methyl sites for hydroxylation is 1. The molecule has 27 heavy (non-hydrogen) atoms. The number of anilines is 1. The minimum atomic E-state index is -0.129. The van der Waals surface area contributed by atoms with E-state index in [-0.39, 0.29) is 11.9 Å². The van der Waals surface area contributed by atoms with E-state index in [0.29, 0.717) is 5.56 Å². The maximum atomic E-state index is 12.6. The van der Waals surface area contributed by atoms with E-state index < -0.39 is 0 Å². The predicted molar refractivity (Wildman–Crippen MR) is 107 cm³/mol. The van der Waals surface area contributed by atoms with E-state index in [9.17, 15) is 4.79 Å². The number of carbonyl (C=O) groups excluding carboxylic acids is 1. The average molecular weight is 360 g/mol. The Morgan fingerprint density at radius 1 is 1.11 bits per heavy atom. The van der Waals surface area contributed by atoms with Crippen molar-refractivity contribution < 1.29 is 4.79 Å². The summed E-state index contributed by atoms with van der Waals surface area (Å²) < 4.78 is 0. The summed E-state index contributed by atoms with van der Waals surface area (Å²) in [6, 6.07) is 13.9. The molecule has 5 heteroatoms. The molecule has 1 atom stereocenters. The van der Waals surface area contributed by atoms with Crippen molar-refractivity contribution in [1.29, 1.82) is 0 Å². The number of nitrogens with zero attached hydrogens (tertiary/aromatic N) is 3. The summed E-state index contributed by atoms with van der Waals surface area (Å²) in [5.41, 5.74) is 4.61. The Bertz CT molecular complexity index is 911. The van der Waals surface area contributed by atoms with Crippen molar-refractivity contribution >= 4 is 11.6 Å². The number of hydrogen-bond acceptors (Lipinski definition) is 4. The van der Waals surface area contributed by atoms with Gasteiger partial charge < -0.3 is 5.32 Å². The van der Waals surface area contributed by atoms with E-state index in [1.165, 1.54) is 5.56 Å². The standard InChI is InChI=1S/C22H24N4O/c1-16-9-11-24-14-21(16)25-22(27)19-7-4-6-18(12-19)15-26(3)17(2)20-8-5-10-23-13-20/h4-14,17H,15H2,1-3H3,(H,25,27)/t17-/m1/s1. The first-order valence-corrected chi connectivity index (χ1v) is 8.95. The van der Waals surface area contributed by atoms with Crippen molar-refractivity contribution in [2.75, 3.05) is 12.4 Å². The van der Waals surface area contributed by atoms with Crippen molar-refractivity contribution in [3.05, 3.63) is 89.5 Å². The van der Waals surface area contributed by atoms with Crippen LogP contribution in [0.5, 0.6) is 0 Å². The maximum Gasteiger partial charge on any atom is 0.255 e. The monoisotopic (exact) mass is 360 g/mol. The molecule has 5 nitrogen and oxygen atoms in total. The normalized spacial score (nSPS) is 12.0. The zero-order valence-electron chi connectivity index (χ0n) is 15.9. The van der Waals surface area contributed by atoms with Crippen molar-refractivity contribution in [3.8, 4) is 0 Å². The first kappa shape index (κ1) is 18.7. The molecular formula is C22H24N4O. The van der Waals surface area contributed by atoms with E-state index in [1.807, 2.05) is 49.5 Å². The first-order chi connectivity index (χ1) is 13.0. The Hall–Kier alpha value is -3.05. The molecule has 0 radical (unpaired) electrons. The fraction of sp³-hybridized carbons (Fsp3) is 0.227. The number of amides is 1. The highest BCUT2D eigenvalue weighted by molar-refractivity contribution is 6.04. The fourth-order valence-corrected chi connectivity index (χ4v) is 2.90. The molecule has 0 unspecified atom stereocenters. The van der Waals surface area contributed by atoms with Gasteiger partial charge in [0.2, 0.25) is 0 Å². The van der Waals surface area contributed by atoms with Crippen LogP contribution in [0, 0.1) is 6.92 Å². The number of nitrogens with one attached hydrogen (secondary N) is 1. The van der Waals surface area contributed by atoms with Crippen LogP contribution in [0.4, 0.5) is 5.69 Å². The summed E-state index contributed by atoms with van der Waals surface area (Å²) in [5, 5.41) is 2.93. The molecule has 0 spiro atoms. The third-order valence-corrected chi connectivity index (χ3v) is 4.74. The Morgan fingerprint density at radius 3 is 2.67 bits per heavy atom. The predicted octanol–water partition coefficient (Wildman–Crippen LogP) is 4.23. The molecule has 0 aliphatic rings. The molecule has 0 saturated carbocycles. The summed E-state index contributed by atoms with van der Waals surface area (Å²) in [6.45, 7) is 4.84. The number of hydrogen-bond donors (Lipinski definition) is 1. The molecule has 138 valence electrons. The van der Waals surface area contributed by atoms with Gasteiger partial charge in [0, 0.05) is 36.7 Å². The van der Waals surface area contributed by atoms with Gasteiger partial charge in [-0.2, -0.15) is 0 Å². The maximum absolute atomic E-state index is 12.6. The molecule has 2 aromatic heterocycles. The highest BCUT2D eigenvalue weighted by atomic mass is 16.1. The lowest BCUT2D eigenvalue weighted by Gasteiger charge is -2.25. The Balaban J connectivity index is 1.70. The van der Waals surface area contributed by atoms with E-state index in [0.717, 1.165) is 23.4 Å². The fourth-order valence-electron chi connectivity index (χ4n) is 2.90. The molecule has 2 heterocycles. The van der Waals surface area contributed by atoms with Gasteiger partial charge in [0.1, 0.15) is 0 Å². The van der Waals surface area contributed by atoms with Gasteiger partial charge >= 0.3 is 0 Å². The number of aromatic nitrogens is 2. The van der Waals surface area contributed by atoms with E-state index in [1.54, 1.807) is 18.6 Å². The van der Waals surface area contributed by atoms with Crippen LogP contribution >= 0.6 is 0 Å². The molecular weight excluding hydrogens is 336 g/mol. The highest BCUT2D eigenvalue weighted by Crippen LogP contribution is 2.20. The molecule has 0 aliphatic carbocycles. The molecule has 3 rings (SSSR count). The summed E-state index contributed by atoms with van der Waals surface area (Å²) in [6.07, 6.45) is 7.05. The molecule has 0 aliphatic heterocycles. The number of pyridine rings is 2. The molecule has 1 N–H and O–H groups in total. The van der Waals surface area contributed by atoms with Gasteiger partial charge in [-0.3, -0.25) is 19.7 Å². The van der Waals surface area contributed by atoms with Crippen LogP contribution in [0.3, 0.4) is 0 Å². The highest BCUT2D eigenvalue weighted by Gasteiger charge is 2.13. The molecule has 3 aromatic rings. The SMILES string of the molecule is Cc1ccncc1NC(=O)c1cccc(CN(C)[C@H](C)c2cccnc2)c1. The summed E-state index contributed by atoms with van der Waals surface area (Å²) in [4.78, 5) is 23.1. The van der Waals surface area contributed by atoms with Crippen LogP contribution in [0.1, 0.15) is 40.0 Å². The van der Waals surface area contributed by atoms with Crippen LogP contribution in [-0.4, -0.2) is 27.8 Å². The molecule has 1 amide bonds. The van der Waals surface area contributed by atoms with Gasteiger partial charge in [0.25, 0.3) is 5.91 Å². The molecule has 1 aromatic carbocycles. The smallest absolute Gasteiger partial charge is 0.255 e. The third kappa shape index (κ3) is 4.77. The van der Waals surface area contributed by atoms with Crippen LogP contribution in [0.25, 0.3) is 0 Å². The summed E-state index contributed by atoms with van der Waals surface area (Å²) >= 11 is 0. The average Bonchev–Trinajstić information content (AvgIpc) is 2.70. The summed E-state index contributed by atoms with van der Waals surface area (Å²) in [7, 11) is 2.07. The second kappa shape index (κ2) is 8.56. The second-order valence-electron chi connectivity index (χ2n) is 6.72. The second-order valence-corrected chi connectivity index (χ2v) is 6.72. The minimum absolute atomic E-state index is 0.129. The van der Waals surface area contributed by atoms with Gasteiger partial charge in [-0.25, -0.2) is 0 Å². The molecule has 0 fully saturated rings. The number of carbonyl (C=O) groups is 1. The Kier molecular flexibility index (Phi) is 5.94. The number of benzene rings is 1. The van der Waals surface area contributed by atoms with Gasteiger partial charge in [-0.05, 0) is 61.9 Å². The zero-order valence-corrected chi connectivity index (χ0v) is 15.9. The Morgan fingerprint density at radius 2 is 1.93 bits per heavy atom. The van der Waals surface area contributed by atoms with Crippen molar-refractivity contribution in [1.82, 2.24) is 14.9 Å². The van der Waals surface area contributed by atoms with Gasteiger partial charge in [-0.15, -0.1) is 0 Å². The van der Waals surface area contributed by atoms with Crippen LogP contribution in [0.15, 0.2) is 67.3 Å². The van der Waals surface area contributed by atoms with Crippen LogP contribution in [-0.2, 0) is 6.54 Å². The number of rotatable bonds is 6. The molecule has 0 bridgehead atoms. The Labute approximate surface area is 160 Å². The van der Waals surface area contributed by atoms with Crippen molar-refractivity contribution in [3.63, 3.8) is 0 Å². The lowest BCUT2D eigenvalue weighted by Crippen LogP contribution is -2.22. The summed E-state index contributed by atoms with van der Waals surface area (Å²) in [5.74, 6) is -0.129. The lowest BCUT2D eigenvalue weighted by molar-refractivity contribution is 0.102. The first-order valence-electron chi connectivity index (χ1n) is 8.95. The quantitative estimate of drug-likeness (QED) is 0.715. The van der Waals surface area contributed by atoms with Gasteiger partial charge in [0.15, 0.2) is 0 Å². The zero-order chi connectivity index (χ0) is 19.2. The van der Waals surface area contributed by atoms with E-state index in [4.69, 9.17) is 0 Å². The molecule has 0 saturated heterocycles. The third-order valence-electron chi connectivity index (χ3n) is 4.74. The topological polar surface area (TPSA) is 58.1 Å². The van der Waals surface area contributed by atoms with Gasteiger partial charge in [-0.1, -0.05) is 18.2 Å². The van der Waals surface area contributed by atoms with Crippen molar-refractivity contribution in [2.45, 2.75) is 26.4 Å². The van der Waals surface area contributed by atoms with E-state index >= 15 is 0 Å². The van der Waals surface area contributed by atoms with E-state index in [2.05, 4.69) is 40.2 Å². The largest absolute Gasteiger partial charge is 0.320 e. The van der Waals surface area contributed by atoms with Crippen molar-refractivity contribution in [2.24, 2.45) is 0 Å². The van der Waals surface area contributed by atoms with Crippen LogP contribution in [0.2, 0.25) is 0 Å². The van der Waals surface area contributed by atoms with Crippen LogP contribution < -0.4 is 5.32 Å². The minimum Gasteiger partial charge on any atom is -0.320 e. The lowest BCUT2D eigenvalue weighted by atomic mass is 10.1.